The second-order valence-electron chi connectivity index (χ2n) is 3.84. The van der Waals surface area contributed by atoms with Crippen LogP contribution in [0.5, 0.6) is 0 Å². The van der Waals surface area contributed by atoms with E-state index in [0.717, 1.165) is 12.3 Å². The van der Waals surface area contributed by atoms with Crippen molar-refractivity contribution in [2.24, 2.45) is 0 Å². The van der Waals surface area contributed by atoms with Gasteiger partial charge >= 0.3 is 6.18 Å². The topological polar surface area (TPSA) is 30.0 Å². The highest BCUT2D eigenvalue weighted by Crippen LogP contribution is 2.32. The number of nitrogens with zero attached hydrogens (tertiary/aromatic N) is 1. The first-order valence-electron chi connectivity index (χ1n) is 5.28. The van der Waals surface area contributed by atoms with E-state index >= 15 is 0 Å². The molecule has 0 radical (unpaired) electrons. The van der Waals surface area contributed by atoms with E-state index in [1.807, 2.05) is 0 Å². The first-order chi connectivity index (χ1) is 9.29. The van der Waals surface area contributed by atoms with Gasteiger partial charge in [0.05, 0.1) is 4.88 Å². The summed E-state index contributed by atoms with van der Waals surface area (Å²) in [5.74, 6) is -3.04. The van der Waals surface area contributed by atoms with Crippen LogP contribution in [0.25, 0.3) is 0 Å². The molecular weight excluding hydrogens is 301 g/mol. The molecule has 1 aromatic carbocycles. The summed E-state index contributed by atoms with van der Waals surface area (Å²) >= 11 is 0.175. The molecule has 1 aromatic heterocycles. The van der Waals surface area contributed by atoms with Gasteiger partial charge in [-0.2, -0.15) is 13.2 Å². The molecule has 0 saturated heterocycles. The number of rotatable bonds is 3. The predicted molar refractivity (Wildman–Crippen MR) is 61.5 cm³/mol. The van der Waals surface area contributed by atoms with Crippen LogP contribution in [0.15, 0.2) is 24.4 Å². The quantitative estimate of drug-likeness (QED) is 0.636. The summed E-state index contributed by atoms with van der Waals surface area (Å²) in [6.45, 7) is 0. The van der Waals surface area contributed by atoms with Crippen LogP contribution in [0, 0.1) is 11.6 Å². The minimum atomic E-state index is -4.63. The van der Waals surface area contributed by atoms with Crippen molar-refractivity contribution in [2.45, 2.75) is 12.6 Å². The lowest BCUT2D eigenvalue weighted by atomic mass is 10.1. The molecule has 0 spiro atoms. The van der Waals surface area contributed by atoms with Crippen LogP contribution in [0.1, 0.15) is 20.2 Å². The Balaban J connectivity index is 2.20. The molecule has 0 bridgehead atoms. The Hall–Kier alpha value is -1.83. The van der Waals surface area contributed by atoms with Crippen molar-refractivity contribution in [1.29, 1.82) is 0 Å². The van der Waals surface area contributed by atoms with Crippen LogP contribution in [0.4, 0.5) is 22.0 Å². The minimum Gasteiger partial charge on any atom is -0.293 e. The number of alkyl halides is 3. The number of hydrogen-bond acceptors (Lipinski definition) is 3. The molecule has 0 fully saturated rings. The van der Waals surface area contributed by atoms with Crippen molar-refractivity contribution in [1.82, 2.24) is 4.98 Å². The Morgan fingerprint density at radius 3 is 2.55 bits per heavy atom. The SMILES string of the molecule is O=C(Cc1cccc(F)c1F)c1cnc(C(F)(F)F)s1. The van der Waals surface area contributed by atoms with Gasteiger partial charge in [-0.3, -0.25) is 4.79 Å². The van der Waals surface area contributed by atoms with Crippen LogP contribution < -0.4 is 0 Å². The van der Waals surface area contributed by atoms with Gasteiger partial charge < -0.3 is 0 Å². The van der Waals surface area contributed by atoms with Crippen LogP contribution in [-0.2, 0) is 12.6 Å². The minimum absolute atomic E-state index is 0.175. The van der Waals surface area contributed by atoms with E-state index in [4.69, 9.17) is 0 Å². The number of Topliss-reactive ketones (excluding diaryl/α,β-unsaturated/α-hetero) is 1. The number of ketones is 1. The van der Waals surface area contributed by atoms with E-state index in [1.165, 1.54) is 12.1 Å². The molecule has 0 unspecified atom stereocenters. The zero-order valence-corrected chi connectivity index (χ0v) is 10.5. The lowest BCUT2D eigenvalue weighted by Crippen LogP contribution is -2.05. The third kappa shape index (κ3) is 3.01. The molecule has 0 saturated carbocycles. The molecule has 106 valence electrons. The summed E-state index contributed by atoms with van der Waals surface area (Å²) < 4.78 is 63.3. The van der Waals surface area contributed by atoms with E-state index in [9.17, 15) is 26.7 Å². The Morgan fingerprint density at radius 2 is 1.95 bits per heavy atom. The highest BCUT2D eigenvalue weighted by atomic mass is 32.1. The molecule has 8 heteroatoms. The zero-order chi connectivity index (χ0) is 14.9. The average Bonchev–Trinajstić information content (AvgIpc) is 2.84. The van der Waals surface area contributed by atoms with Crippen LogP contribution >= 0.6 is 11.3 Å². The smallest absolute Gasteiger partial charge is 0.293 e. The lowest BCUT2D eigenvalue weighted by molar-refractivity contribution is -0.137. The molecule has 0 aliphatic carbocycles. The van der Waals surface area contributed by atoms with E-state index in [0.29, 0.717) is 0 Å². The molecule has 2 rings (SSSR count). The number of aromatic nitrogens is 1. The van der Waals surface area contributed by atoms with E-state index in [-0.39, 0.29) is 21.8 Å². The summed E-state index contributed by atoms with van der Waals surface area (Å²) in [5, 5.41) is -1.15. The monoisotopic (exact) mass is 307 g/mol. The predicted octanol–water partition coefficient (Wildman–Crippen LogP) is 3.87. The van der Waals surface area contributed by atoms with Gasteiger partial charge in [0.1, 0.15) is 0 Å². The standard InChI is InChI=1S/C12H6F5NOS/c13-7-3-1-2-6(10(7)14)4-8(19)9-5-18-11(20-9)12(15,16)17/h1-3,5H,4H2. The fourth-order valence-electron chi connectivity index (χ4n) is 1.48. The number of thiazole rings is 1. The molecule has 0 amide bonds. The van der Waals surface area contributed by atoms with Crippen molar-refractivity contribution in [3.63, 3.8) is 0 Å². The zero-order valence-electron chi connectivity index (χ0n) is 9.67. The van der Waals surface area contributed by atoms with Crippen LogP contribution in [0.3, 0.4) is 0 Å². The third-order valence-electron chi connectivity index (χ3n) is 2.41. The Bertz CT molecular complexity index is 650. The molecule has 0 N–H and O–H groups in total. The summed E-state index contributed by atoms with van der Waals surface area (Å²) in [6.07, 6.45) is -4.37. The molecule has 1 heterocycles. The fraction of sp³-hybridized carbons (Fsp3) is 0.167. The van der Waals surface area contributed by atoms with Gasteiger partial charge in [0.2, 0.25) is 0 Å². The molecule has 0 aliphatic heterocycles. The highest BCUT2D eigenvalue weighted by Gasteiger charge is 2.35. The van der Waals surface area contributed by atoms with Gasteiger partial charge in [-0.25, -0.2) is 13.8 Å². The highest BCUT2D eigenvalue weighted by molar-refractivity contribution is 7.13. The van der Waals surface area contributed by atoms with Crippen molar-refractivity contribution in [3.05, 3.63) is 51.5 Å². The normalized spacial score (nSPS) is 11.7. The Kier molecular flexibility index (Phi) is 3.85. The van der Waals surface area contributed by atoms with Crippen molar-refractivity contribution in [2.75, 3.05) is 0 Å². The van der Waals surface area contributed by atoms with Crippen LogP contribution in [-0.4, -0.2) is 10.8 Å². The number of carbonyl (C=O) groups excluding carboxylic acids is 1. The fourth-order valence-corrected chi connectivity index (χ4v) is 2.20. The van der Waals surface area contributed by atoms with Gasteiger partial charge in [-0.15, -0.1) is 11.3 Å². The van der Waals surface area contributed by atoms with Gasteiger partial charge in [0.15, 0.2) is 22.4 Å². The lowest BCUT2D eigenvalue weighted by Gasteiger charge is -2.02. The first-order valence-corrected chi connectivity index (χ1v) is 6.10. The molecule has 2 nitrogen and oxygen atoms in total. The maximum atomic E-state index is 13.4. The van der Waals surface area contributed by atoms with Gasteiger partial charge in [-0.05, 0) is 11.6 Å². The summed E-state index contributed by atoms with van der Waals surface area (Å²) in [6, 6.07) is 3.30. The number of halogens is 5. The van der Waals surface area contributed by atoms with Gasteiger partial charge in [-0.1, -0.05) is 12.1 Å². The van der Waals surface area contributed by atoms with Crippen molar-refractivity contribution in [3.8, 4) is 0 Å². The molecular formula is C12H6F5NOS. The van der Waals surface area contributed by atoms with Crippen LogP contribution in [0.2, 0.25) is 0 Å². The third-order valence-corrected chi connectivity index (χ3v) is 3.49. The van der Waals surface area contributed by atoms with E-state index in [1.54, 1.807) is 0 Å². The van der Waals surface area contributed by atoms with Crippen molar-refractivity contribution < 1.29 is 26.7 Å². The summed E-state index contributed by atoms with van der Waals surface area (Å²) in [5.41, 5.74) is -0.211. The van der Waals surface area contributed by atoms with E-state index in [2.05, 4.69) is 4.98 Å². The second-order valence-corrected chi connectivity index (χ2v) is 4.87. The Labute approximate surface area is 113 Å². The number of benzene rings is 1. The maximum Gasteiger partial charge on any atom is 0.443 e. The summed E-state index contributed by atoms with van der Waals surface area (Å²) in [4.78, 5) is 14.6. The van der Waals surface area contributed by atoms with Gasteiger partial charge in [0, 0.05) is 12.6 Å². The maximum absolute atomic E-state index is 13.4. The molecule has 0 atom stereocenters. The number of carbonyl (C=O) groups is 1. The first kappa shape index (κ1) is 14.6. The van der Waals surface area contributed by atoms with E-state index < -0.39 is 35.0 Å². The largest absolute Gasteiger partial charge is 0.443 e. The number of hydrogen-bond donors (Lipinski definition) is 0. The molecule has 2 aromatic rings. The molecule has 20 heavy (non-hydrogen) atoms. The van der Waals surface area contributed by atoms with Crippen molar-refractivity contribution >= 4 is 17.1 Å². The van der Waals surface area contributed by atoms with Gasteiger partial charge in [0.25, 0.3) is 0 Å². The second kappa shape index (κ2) is 5.28. The Morgan fingerprint density at radius 1 is 1.25 bits per heavy atom. The summed E-state index contributed by atoms with van der Waals surface area (Å²) in [7, 11) is 0. The average molecular weight is 307 g/mol. The molecule has 0 aliphatic rings.